The second kappa shape index (κ2) is 10.2. The van der Waals surface area contributed by atoms with Crippen LogP contribution in [0.3, 0.4) is 0 Å². The second-order valence-electron chi connectivity index (χ2n) is 7.04. The summed E-state index contributed by atoms with van der Waals surface area (Å²) in [5, 5.41) is 10.8. The SMILES string of the molecule is CCn1nc(C)c(CCN=C(NC(=O)c2ccc(Cl)cc2)Nc2cccc(F)c2)c1C. The van der Waals surface area contributed by atoms with Gasteiger partial charge in [-0.2, -0.15) is 5.10 Å². The highest BCUT2D eigenvalue weighted by molar-refractivity contribution is 6.30. The molecule has 0 unspecified atom stereocenters. The van der Waals surface area contributed by atoms with Crippen molar-refractivity contribution in [2.45, 2.75) is 33.7 Å². The number of guanidine groups is 1. The molecular weight excluding hydrogens is 417 g/mol. The number of aliphatic imine (C=N–C) groups is 1. The first kappa shape index (κ1) is 22.5. The van der Waals surface area contributed by atoms with Crippen LogP contribution in [-0.4, -0.2) is 28.2 Å². The van der Waals surface area contributed by atoms with Crippen molar-refractivity contribution >= 4 is 29.2 Å². The van der Waals surface area contributed by atoms with Crippen LogP contribution in [0.4, 0.5) is 10.1 Å². The van der Waals surface area contributed by atoms with Crippen molar-refractivity contribution in [3.05, 3.63) is 81.9 Å². The van der Waals surface area contributed by atoms with E-state index in [2.05, 4.69) is 27.6 Å². The van der Waals surface area contributed by atoms with E-state index < -0.39 is 0 Å². The summed E-state index contributed by atoms with van der Waals surface area (Å²) in [6, 6.07) is 12.5. The summed E-state index contributed by atoms with van der Waals surface area (Å²) in [4.78, 5) is 17.2. The van der Waals surface area contributed by atoms with Crippen LogP contribution in [0, 0.1) is 19.7 Å². The van der Waals surface area contributed by atoms with Crippen LogP contribution in [-0.2, 0) is 13.0 Å². The van der Waals surface area contributed by atoms with E-state index in [-0.39, 0.29) is 17.7 Å². The minimum absolute atomic E-state index is 0.240. The van der Waals surface area contributed by atoms with Crippen LogP contribution in [0.15, 0.2) is 53.5 Å². The molecule has 1 heterocycles. The van der Waals surface area contributed by atoms with Crippen molar-refractivity contribution in [1.82, 2.24) is 15.1 Å². The smallest absolute Gasteiger partial charge is 0.257 e. The fraction of sp³-hybridized carbons (Fsp3) is 0.261. The third-order valence-electron chi connectivity index (χ3n) is 4.89. The molecule has 0 aliphatic carbocycles. The summed E-state index contributed by atoms with van der Waals surface area (Å²) in [5.41, 5.74) is 4.15. The lowest BCUT2D eigenvalue weighted by Gasteiger charge is -2.12. The van der Waals surface area contributed by atoms with E-state index in [0.717, 1.165) is 23.5 Å². The molecular formula is C23H25ClFN5O. The van der Waals surface area contributed by atoms with Crippen molar-refractivity contribution in [1.29, 1.82) is 0 Å². The Morgan fingerprint density at radius 1 is 1.19 bits per heavy atom. The fourth-order valence-corrected chi connectivity index (χ4v) is 3.40. The number of nitrogens with zero attached hydrogens (tertiary/aromatic N) is 3. The zero-order valence-corrected chi connectivity index (χ0v) is 18.5. The number of halogens is 2. The summed E-state index contributed by atoms with van der Waals surface area (Å²) in [7, 11) is 0. The van der Waals surface area contributed by atoms with Gasteiger partial charge in [-0.1, -0.05) is 17.7 Å². The van der Waals surface area contributed by atoms with E-state index in [0.29, 0.717) is 29.2 Å². The zero-order valence-electron chi connectivity index (χ0n) is 17.7. The number of benzene rings is 2. The molecule has 6 nitrogen and oxygen atoms in total. The number of amides is 1. The Labute approximate surface area is 186 Å². The lowest BCUT2D eigenvalue weighted by atomic mass is 10.1. The minimum atomic E-state index is -0.383. The van der Waals surface area contributed by atoms with E-state index in [1.54, 1.807) is 36.4 Å². The Hall–Kier alpha value is -3.19. The largest absolute Gasteiger partial charge is 0.326 e. The zero-order chi connectivity index (χ0) is 22.4. The van der Waals surface area contributed by atoms with Crippen molar-refractivity contribution in [3.8, 4) is 0 Å². The van der Waals surface area contributed by atoms with Crippen LogP contribution >= 0.6 is 11.6 Å². The van der Waals surface area contributed by atoms with Gasteiger partial charge in [0.25, 0.3) is 5.91 Å². The van der Waals surface area contributed by atoms with Gasteiger partial charge < -0.3 is 5.32 Å². The Morgan fingerprint density at radius 3 is 2.58 bits per heavy atom. The molecule has 0 radical (unpaired) electrons. The van der Waals surface area contributed by atoms with Crippen LogP contribution in [0.25, 0.3) is 0 Å². The van der Waals surface area contributed by atoms with Gasteiger partial charge in [-0.3, -0.25) is 19.8 Å². The Morgan fingerprint density at radius 2 is 1.94 bits per heavy atom. The first-order chi connectivity index (χ1) is 14.9. The molecule has 31 heavy (non-hydrogen) atoms. The molecule has 0 saturated carbocycles. The van der Waals surface area contributed by atoms with Crippen molar-refractivity contribution in [2.24, 2.45) is 4.99 Å². The van der Waals surface area contributed by atoms with Gasteiger partial charge in [-0.05, 0) is 75.2 Å². The number of hydrogen-bond acceptors (Lipinski definition) is 3. The Kier molecular flexibility index (Phi) is 7.41. The van der Waals surface area contributed by atoms with Crippen molar-refractivity contribution < 1.29 is 9.18 Å². The topological polar surface area (TPSA) is 71.3 Å². The van der Waals surface area contributed by atoms with E-state index in [4.69, 9.17) is 11.6 Å². The van der Waals surface area contributed by atoms with Gasteiger partial charge in [0.15, 0.2) is 0 Å². The van der Waals surface area contributed by atoms with Gasteiger partial charge >= 0.3 is 0 Å². The first-order valence-electron chi connectivity index (χ1n) is 10.0. The summed E-state index contributed by atoms with van der Waals surface area (Å²) < 4.78 is 15.6. The van der Waals surface area contributed by atoms with Gasteiger partial charge in [0.1, 0.15) is 5.82 Å². The highest BCUT2D eigenvalue weighted by Gasteiger charge is 2.12. The van der Waals surface area contributed by atoms with Gasteiger partial charge in [-0.15, -0.1) is 0 Å². The molecule has 0 spiro atoms. The number of anilines is 1. The third kappa shape index (κ3) is 5.92. The molecule has 3 aromatic rings. The molecule has 8 heteroatoms. The maximum Gasteiger partial charge on any atom is 0.257 e. The summed E-state index contributed by atoms with van der Waals surface area (Å²) in [6.07, 6.45) is 0.669. The standard InChI is InChI=1S/C23H25ClFN5O/c1-4-30-16(3)21(15(2)29-30)12-13-26-23(27-20-7-5-6-19(25)14-20)28-22(31)17-8-10-18(24)11-9-17/h5-11,14H,4,12-13H2,1-3H3,(H2,26,27,28,31). The molecule has 0 atom stereocenters. The predicted molar refractivity (Wildman–Crippen MR) is 122 cm³/mol. The number of aryl methyl sites for hydroxylation is 2. The lowest BCUT2D eigenvalue weighted by molar-refractivity contribution is 0.0977. The average Bonchev–Trinajstić information content (AvgIpc) is 3.01. The highest BCUT2D eigenvalue weighted by Crippen LogP contribution is 2.14. The lowest BCUT2D eigenvalue weighted by Crippen LogP contribution is -2.36. The molecule has 0 bridgehead atoms. The fourth-order valence-electron chi connectivity index (χ4n) is 3.28. The van der Waals surface area contributed by atoms with Crippen LogP contribution in [0.1, 0.15) is 34.2 Å². The van der Waals surface area contributed by atoms with E-state index in [9.17, 15) is 9.18 Å². The summed E-state index contributed by atoms with van der Waals surface area (Å²) >= 11 is 5.90. The number of aromatic nitrogens is 2. The number of rotatable bonds is 6. The Balaban J connectivity index is 1.78. The Bertz CT molecular complexity index is 1090. The molecule has 2 aromatic carbocycles. The first-order valence-corrected chi connectivity index (χ1v) is 10.4. The van der Waals surface area contributed by atoms with Gasteiger partial charge in [-0.25, -0.2) is 4.39 Å². The predicted octanol–water partition coefficient (Wildman–Crippen LogP) is 4.75. The number of hydrogen-bond donors (Lipinski definition) is 2. The third-order valence-corrected chi connectivity index (χ3v) is 5.14. The summed E-state index contributed by atoms with van der Waals surface area (Å²) in [5.74, 6) is -0.485. The normalized spacial score (nSPS) is 11.5. The molecule has 162 valence electrons. The van der Waals surface area contributed by atoms with E-state index in [1.807, 2.05) is 18.5 Å². The molecule has 3 rings (SSSR count). The van der Waals surface area contributed by atoms with E-state index in [1.165, 1.54) is 12.1 Å². The quantitative estimate of drug-likeness (QED) is 0.428. The van der Waals surface area contributed by atoms with Crippen LogP contribution in [0.5, 0.6) is 0 Å². The number of carbonyl (C=O) groups excluding carboxylic acids is 1. The number of carbonyl (C=O) groups is 1. The van der Waals surface area contributed by atoms with Gasteiger partial charge in [0.05, 0.1) is 5.69 Å². The molecule has 0 saturated heterocycles. The molecule has 0 fully saturated rings. The maximum atomic E-state index is 13.6. The number of nitrogens with one attached hydrogen (secondary N) is 2. The minimum Gasteiger partial charge on any atom is -0.326 e. The average molecular weight is 442 g/mol. The molecule has 1 amide bonds. The van der Waals surface area contributed by atoms with Crippen LogP contribution in [0.2, 0.25) is 5.02 Å². The molecule has 1 aromatic heterocycles. The van der Waals surface area contributed by atoms with Crippen LogP contribution < -0.4 is 10.6 Å². The summed E-state index contributed by atoms with van der Waals surface area (Å²) in [6.45, 7) is 7.30. The molecule has 0 aliphatic rings. The highest BCUT2D eigenvalue weighted by atomic mass is 35.5. The molecule has 2 N–H and O–H groups in total. The maximum absolute atomic E-state index is 13.6. The van der Waals surface area contributed by atoms with E-state index >= 15 is 0 Å². The monoisotopic (exact) mass is 441 g/mol. The van der Waals surface area contributed by atoms with Gasteiger partial charge in [0.2, 0.25) is 5.96 Å². The molecule has 0 aliphatic heterocycles. The van der Waals surface area contributed by atoms with Gasteiger partial charge in [0, 0.05) is 35.1 Å². The van der Waals surface area contributed by atoms with Crippen molar-refractivity contribution in [3.63, 3.8) is 0 Å². The second-order valence-corrected chi connectivity index (χ2v) is 7.48. The van der Waals surface area contributed by atoms with Crippen molar-refractivity contribution in [2.75, 3.05) is 11.9 Å².